The van der Waals surface area contributed by atoms with Crippen LogP contribution in [-0.2, 0) is 0 Å². The van der Waals surface area contributed by atoms with Crippen molar-refractivity contribution in [2.45, 2.75) is 32.7 Å². The number of hydrogen-bond donors (Lipinski definition) is 1. The van der Waals surface area contributed by atoms with Crippen LogP contribution in [0, 0.1) is 0 Å². The van der Waals surface area contributed by atoms with Gasteiger partial charge < -0.3 is 10.2 Å². The second-order valence-corrected chi connectivity index (χ2v) is 5.06. The summed E-state index contributed by atoms with van der Waals surface area (Å²) in [6, 6.07) is 0.497. The van der Waals surface area contributed by atoms with E-state index >= 15 is 0 Å². The first-order valence-corrected chi connectivity index (χ1v) is 6.02. The van der Waals surface area contributed by atoms with Gasteiger partial charge >= 0.3 is 0 Å². The lowest BCUT2D eigenvalue weighted by Crippen LogP contribution is -2.31. The first-order chi connectivity index (χ1) is 7.00. The minimum Gasteiger partial charge on any atom is -0.359 e. The maximum absolute atomic E-state index is 4.42. The van der Waals surface area contributed by atoms with Crippen LogP contribution in [0.5, 0.6) is 0 Å². The van der Waals surface area contributed by atoms with Gasteiger partial charge in [-0.3, -0.25) is 0 Å². The summed E-state index contributed by atoms with van der Waals surface area (Å²) < 4.78 is 4.29. The third-order valence-corrected chi connectivity index (χ3v) is 3.08. The van der Waals surface area contributed by atoms with E-state index < -0.39 is 0 Å². The highest BCUT2D eigenvalue weighted by atomic mass is 32.1. The summed E-state index contributed by atoms with van der Waals surface area (Å²) in [6.07, 6.45) is 0. The van der Waals surface area contributed by atoms with Crippen LogP contribution in [-0.4, -0.2) is 40.9 Å². The van der Waals surface area contributed by atoms with Crippen LogP contribution in [0.2, 0.25) is 0 Å². The van der Waals surface area contributed by atoms with Gasteiger partial charge in [0, 0.05) is 30.0 Å². The molecule has 0 aromatic carbocycles. The normalized spacial score (nSPS) is 13.5. The Bertz CT molecular complexity index is 295. The van der Waals surface area contributed by atoms with Crippen LogP contribution in [0.1, 0.15) is 32.5 Å². The Kier molecular flexibility index (Phi) is 4.47. The fourth-order valence-electron chi connectivity index (χ4n) is 0.959. The summed E-state index contributed by atoms with van der Waals surface area (Å²) in [6.45, 7) is 7.29. The first kappa shape index (κ1) is 12.4. The maximum Gasteiger partial charge on any atom is 0.202 e. The summed E-state index contributed by atoms with van der Waals surface area (Å²) in [4.78, 5) is 6.60. The van der Waals surface area contributed by atoms with Gasteiger partial charge in [0.1, 0.15) is 5.82 Å². The smallest absolute Gasteiger partial charge is 0.202 e. The Morgan fingerprint density at radius 1 is 1.33 bits per heavy atom. The van der Waals surface area contributed by atoms with Gasteiger partial charge in [-0.05, 0) is 21.0 Å². The second kappa shape index (κ2) is 5.42. The topological polar surface area (TPSA) is 41.1 Å². The zero-order valence-electron chi connectivity index (χ0n) is 10.1. The lowest BCUT2D eigenvalue weighted by molar-refractivity contribution is 0.326. The molecule has 86 valence electrons. The summed E-state index contributed by atoms with van der Waals surface area (Å²) in [5, 5.41) is 4.23. The van der Waals surface area contributed by atoms with Gasteiger partial charge in [0.05, 0.1) is 0 Å². The quantitative estimate of drug-likeness (QED) is 0.837. The molecule has 1 aromatic rings. The molecule has 0 saturated carbocycles. The van der Waals surface area contributed by atoms with E-state index in [4.69, 9.17) is 0 Å². The number of anilines is 1. The van der Waals surface area contributed by atoms with Crippen molar-refractivity contribution in [3.8, 4) is 0 Å². The summed E-state index contributed by atoms with van der Waals surface area (Å²) in [7, 11) is 4.15. The lowest BCUT2D eigenvalue weighted by Gasteiger charge is -2.19. The Labute approximate surface area is 95.9 Å². The highest BCUT2D eigenvalue weighted by Gasteiger charge is 2.09. The van der Waals surface area contributed by atoms with Crippen LogP contribution in [0.15, 0.2) is 0 Å². The van der Waals surface area contributed by atoms with Crippen molar-refractivity contribution < 1.29 is 0 Å². The molecule has 0 aliphatic heterocycles. The fraction of sp³-hybridized carbons (Fsp3) is 0.800. The summed E-state index contributed by atoms with van der Waals surface area (Å²) in [5.41, 5.74) is 0. The Morgan fingerprint density at radius 2 is 2.00 bits per heavy atom. The third-order valence-electron chi connectivity index (χ3n) is 2.39. The number of rotatable bonds is 5. The van der Waals surface area contributed by atoms with Crippen molar-refractivity contribution in [3.63, 3.8) is 0 Å². The third kappa shape index (κ3) is 3.76. The van der Waals surface area contributed by atoms with Gasteiger partial charge in [0.25, 0.3) is 0 Å². The largest absolute Gasteiger partial charge is 0.359 e. The van der Waals surface area contributed by atoms with Crippen molar-refractivity contribution in [2.24, 2.45) is 0 Å². The van der Waals surface area contributed by atoms with E-state index in [9.17, 15) is 0 Å². The molecule has 0 amide bonds. The van der Waals surface area contributed by atoms with Crippen LogP contribution in [0.3, 0.4) is 0 Å². The highest BCUT2D eigenvalue weighted by molar-refractivity contribution is 7.09. The molecule has 15 heavy (non-hydrogen) atoms. The average molecular weight is 228 g/mol. The summed E-state index contributed by atoms with van der Waals surface area (Å²) >= 11 is 1.44. The van der Waals surface area contributed by atoms with E-state index in [0.717, 1.165) is 17.5 Å². The van der Waals surface area contributed by atoms with Crippen LogP contribution >= 0.6 is 11.5 Å². The molecular formula is C10H20N4S. The predicted octanol–water partition coefficient (Wildman–Crippen LogP) is 2.02. The van der Waals surface area contributed by atoms with E-state index in [2.05, 4.69) is 54.4 Å². The minimum absolute atomic E-state index is 0.406. The second-order valence-electron chi connectivity index (χ2n) is 4.31. The zero-order chi connectivity index (χ0) is 11.4. The van der Waals surface area contributed by atoms with E-state index in [1.165, 1.54) is 11.5 Å². The van der Waals surface area contributed by atoms with Crippen molar-refractivity contribution in [3.05, 3.63) is 5.82 Å². The monoisotopic (exact) mass is 228 g/mol. The van der Waals surface area contributed by atoms with Crippen LogP contribution in [0.4, 0.5) is 5.13 Å². The van der Waals surface area contributed by atoms with E-state index in [1.54, 1.807) is 0 Å². The molecule has 1 aromatic heterocycles. The van der Waals surface area contributed by atoms with Gasteiger partial charge in [-0.1, -0.05) is 13.8 Å². The van der Waals surface area contributed by atoms with E-state index in [1.807, 2.05) is 0 Å². The van der Waals surface area contributed by atoms with Gasteiger partial charge in [0.15, 0.2) is 0 Å². The van der Waals surface area contributed by atoms with E-state index in [-0.39, 0.29) is 0 Å². The molecule has 4 nitrogen and oxygen atoms in total. The number of nitrogens with one attached hydrogen (secondary N) is 1. The van der Waals surface area contributed by atoms with Crippen molar-refractivity contribution >= 4 is 16.7 Å². The first-order valence-electron chi connectivity index (χ1n) is 5.24. The zero-order valence-corrected chi connectivity index (χ0v) is 10.9. The number of likely N-dealkylation sites (N-methyl/N-ethyl adjacent to an activating group) is 1. The average Bonchev–Trinajstić information content (AvgIpc) is 2.62. The Hall–Kier alpha value is -0.680. The lowest BCUT2D eigenvalue weighted by atomic mass is 10.2. The van der Waals surface area contributed by atoms with Crippen LogP contribution in [0.25, 0.3) is 0 Å². The minimum atomic E-state index is 0.406. The molecule has 0 fully saturated rings. The molecule has 1 rings (SSSR count). The maximum atomic E-state index is 4.42. The number of nitrogens with zero attached hydrogens (tertiary/aromatic N) is 3. The molecule has 0 bridgehead atoms. The van der Waals surface area contributed by atoms with Crippen molar-refractivity contribution in [1.29, 1.82) is 0 Å². The fourth-order valence-corrected chi connectivity index (χ4v) is 1.67. The molecule has 0 aliphatic rings. The molecule has 1 N–H and O–H groups in total. The molecule has 5 heteroatoms. The number of hydrogen-bond acceptors (Lipinski definition) is 5. The van der Waals surface area contributed by atoms with Crippen LogP contribution < -0.4 is 5.32 Å². The molecule has 0 spiro atoms. The number of aromatic nitrogens is 2. The standard InChI is InChI=1S/C10H20N4S/c1-7(2)9-12-10(15-13-9)11-6-8(3)14(4)5/h7-8H,6H2,1-5H3,(H,11,12,13). The van der Waals surface area contributed by atoms with Gasteiger partial charge in [-0.15, -0.1) is 0 Å². The molecular weight excluding hydrogens is 208 g/mol. The van der Waals surface area contributed by atoms with Gasteiger partial charge in [-0.2, -0.15) is 4.37 Å². The SMILES string of the molecule is CC(C)c1nsc(NCC(C)N(C)C)n1. The molecule has 1 heterocycles. The Balaban J connectivity index is 2.44. The van der Waals surface area contributed by atoms with Gasteiger partial charge in [-0.25, -0.2) is 4.98 Å². The molecule has 0 radical (unpaired) electrons. The molecule has 0 aliphatic carbocycles. The molecule has 1 unspecified atom stereocenters. The molecule has 1 atom stereocenters. The van der Waals surface area contributed by atoms with Gasteiger partial charge in [0.2, 0.25) is 5.13 Å². The highest BCUT2D eigenvalue weighted by Crippen LogP contribution is 2.17. The summed E-state index contributed by atoms with van der Waals surface area (Å²) in [5.74, 6) is 1.34. The Morgan fingerprint density at radius 3 is 2.47 bits per heavy atom. The molecule has 0 saturated heterocycles. The van der Waals surface area contributed by atoms with E-state index in [0.29, 0.717) is 12.0 Å². The van der Waals surface area contributed by atoms with Crippen molar-refractivity contribution in [1.82, 2.24) is 14.3 Å². The predicted molar refractivity (Wildman–Crippen MR) is 65.6 cm³/mol. The van der Waals surface area contributed by atoms with Crippen molar-refractivity contribution in [2.75, 3.05) is 26.0 Å².